The predicted octanol–water partition coefficient (Wildman–Crippen LogP) is 24.9. The largest absolute Gasteiger partial charge is 0.502 e. The van der Waals surface area contributed by atoms with Crippen LogP contribution in [0, 0.1) is 20.2 Å². The van der Waals surface area contributed by atoms with Gasteiger partial charge in [-0.2, -0.15) is 0 Å². The van der Waals surface area contributed by atoms with Crippen molar-refractivity contribution >= 4 is 191 Å². The van der Waals surface area contributed by atoms with Crippen LogP contribution >= 0.6 is 79.6 Å². The fourth-order valence-corrected chi connectivity index (χ4v) is 17.9. The lowest BCUT2D eigenvalue weighted by Crippen LogP contribution is -2.41. The van der Waals surface area contributed by atoms with Crippen LogP contribution in [0.5, 0.6) is 0 Å². The van der Waals surface area contributed by atoms with Crippen molar-refractivity contribution in [1.29, 1.82) is 0 Å². The molecule has 4 fully saturated rings. The van der Waals surface area contributed by atoms with E-state index >= 15 is 0 Å². The van der Waals surface area contributed by atoms with Gasteiger partial charge in [-0.15, -0.1) is 0 Å². The van der Waals surface area contributed by atoms with Crippen molar-refractivity contribution in [2.24, 2.45) is 0 Å². The number of nitro benzene ring substituents is 2. The summed E-state index contributed by atoms with van der Waals surface area (Å²) in [4.78, 5) is 24.7. The molecule has 568 valence electrons. The number of rotatable bonds is 7. The van der Waals surface area contributed by atoms with Crippen molar-refractivity contribution in [2.45, 2.75) is 108 Å². The van der Waals surface area contributed by atoms with E-state index in [2.05, 4.69) is 259 Å². The van der Waals surface area contributed by atoms with Gasteiger partial charge < -0.3 is 46.9 Å². The molecular weight excluding hydrogens is 1720 g/mol. The molecule has 0 bridgehead atoms. The lowest BCUT2D eigenvalue weighted by Gasteiger charge is -2.32. The molecule has 10 aromatic carbocycles. The molecular formula is C87H85BBr5FN6O10. The number of hydrogen-bond donors (Lipinski definition) is 1. The average Bonchev–Trinajstić information content (AvgIpc) is 1.59. The molecule has 1 N–H and O–H groups in total. The predicted molar refractivity (Wildman–Crippen MR) is 462 cm³/mol. The van der Waals surface area contributed by atoms with Gasteiger partial charge in [0, 0.05) is 126 Å². The second kappa shape index (κ2) is 36.2. The topological polar surface area (TPSA) is 172 Å². The van der Waals surface area contributed by atoms with Crippen LogP contribution in [0.1, 0.15) is 98.6 Å². The molecule has 3 atom stereocenters. The highest BCUT2D eigenvalue weighted by atomic mass is 79.9. The molecule has 0 radical (unpaired) electrons. The summed E-state index contributed by atoms with van der Waals surface area (Å²) in [5, 5.41) is 31.9. The zero-order chi connectivity index (χ0) is 77.9. The van der Waals surface area contributed by atoms with Gasteiger partial charge in [-0.05, 0) is 217 Å². The number of halogens is 6. The number of fused-ring (bicyclic) bond motifs is 12. The van der Waals surface area contributed by atoms with Crippen LogP contribution in [-0.4, -0.2) is 100 Å². The van der Waals surface area contributed by atoms with E-state index in [1.807, 2.05) is 48.5 Å². The monoisotopic (exact) mass is 1800 g/mol. The summed E-state index contributed by atoms with van der Waals surface area (Å²) in [5.74, 6) is 0. The van der Waals surface area contributed by atoms with E-state index in [9.17, 15) is 24.6 Å². The molecule has 5 aliphatic heterocycles. The number of H-pyrrole nitrogens is 1. The lowest BCUT2D eigenvalue weighted by atomic mass is 9.76. The Hall–Kier alpha value is -8.07. The van der Waals surface area contributed by atoms with Gasteiger partial charge in [0.1, 0.15) is 4.47 Å². The second-order valence-electron chi connectivity index (χ2n) is 28.4. The molecule has 3 unspecified atom stereocenters. The molecule has 9 heterocycles. The molecule has 14 aromatic rings. The zero-order valence-corrected chi connectivity index (χ0v) is 69.4. The molecule has 0 saturated carbocycles. The number of hydrogen-bond acceptors (Lipinski definition) is 10. The summed E-state index contributed by atoms with van der Waals surface area (Å²) >= 11 is 17.1. The number of nitrogens with one attached hydrogen (secondary N) is 1. The highest BCUT2D eigenvalue weighted by Gasteiger charge is 2.52. The third-order valence-electron chi connectivity index (χ3n) is 21.1. The van der Waals surface area contributed by atoms with Crippen molar-refractivity contribution in [3.63, 3.8) is 0 Å². The van der Waals surface area contributed by atoms with E-state index in [0.717, 1.165) is 114 Å². The Morgan fingerprint density at radius 2 is 0.882 bits per heavy atom. The first-order valence-corrected chi connectivity index (χ1v) is 40.9. The van der Waals surface area contributed by atoms with Gasteiger partial charge in [0.15, 0.2) is 0 Å². The molecule has 0 aliphatic carbocycles. The number of para-hydroxylation sites is 4. The summed E-state index contributed by atoms with van der Waals surface area (Å²) in [7, 11) is -1.37. The second-order valence-corrected chi connectivity index (χ2v) is 32.6. The molecule has 23 heteroatoms. The van der Waals surface area contributed by atoms with Crippen molar-refractivity contribution in [3.8, 4) is 11.1 Å². The van der Waals surface area contributed by atoms with Crippen molar-refractivity contribution in [2.75, 3.05) is 53.4 Å². The number of benzene rings is 10. The Morgan fingerprint density at radius 3 is 1.37 bits per heavy atom. The maximum Gasteiger partial charge on any atom is 0.495 e. The van der Waals surface area contributed by atoms with E-state index in [0.29, 0.717) is 33.2 Å². The highest BCUT2D eigenvalue weighted by Crippen LogP contribution is 2.46. The number of ether oxygens (including phenoxy) is 4. The van der Waals surface area contributed by atoms with Gasteiger partial charge >= 0.3 is 7.12 Å². The number of aromatic nitrogens is 4. The van der Waals surface area contributed by atoms with Crippen molar-refractivity contribution < 1.29 is 43.9 Å². The highest BCUT2D eigenvalue weighted by molar-refractivity contribution is 9.13. The Kier molecular flexibility index (Phi) is 25.9. The van der Waals surface area contributed by atoms with Crippen LogP contribution < -0.4 is 5.46 Å². The molecule has 5 aliphatic rings. The molecule has 0 spiro atoms. The first-order chi connectivity index (χ1) is 53.8. The molecule has 110 heavy (non-hydrogen) atoms. The maximum atomic E-state index is 11.8. The van der Waals surface area contributed by atoms with E-state index in [4.69, 9.17) is 29.6 Å². The molecule has 0 amide bonds. The van der Waals surface area contributed by atoms with Gasteiger partial charge in [0.2, 0.25) is 0 Å². The van der Waals surface area contributed by atoms with Gasteiger partial charge in [0.25, 0.3) is 11.4 Å². The van der Waals surface area contributed by atoms with Gasteiger partial charge in [-0.1, -0.05) is 153 Å². The van der Waals surface area contributed by atoms with Gasteiger partial charge in [0.05, 0.1) is 97.0 Å². The third kappa shape index (κ3) is 16.9. The van der Waals surface area contributed by atoms with Crippen LogP contribution in [0.3, 0.4) is 0 Å². The lowest BCUT2D eigenvalue weighted by molar-refractivity contribution is -0.385. The van der Waals surface area contributed by atoms with Crippen LogP contribution in [-0.2, 0) is 28.3 Å². The smallest absolute Gasteiger partial charge is 0.495 e. The quantitative estimate of drug-likeness (QED) is 0.0919. The fourth-order valence-electron chi connectivity index (χ4n) is 15.4. The van der Waals surface area contributed by atoms with Crippen LogP contribution in [0.25, 0.3) is 98.4 Å². The normalized spacial score (nSPS) is 17.9. The SMILES string of the molecule is Brc1cccc2[nH]c3ccccc3c12.Brc1cccc2c1c1ccccc1n2C1CCCOC1.C1=COCCC1.CC1(C)OB(c2cccc3c2c2ccccc2n3C2CCCOC2)OC1(C)C.O=[N+]([O-])c1cccc(Br)c1-c1cccc2c1c1ccccc1n2C1CCCOC1.O=[N+]([O-])c1cccc(Br)c1Br.[2H]CF. The number of nitro groups is 2. The summed E-state index contributed by atoms with van der Waals surface area (Å²) in [6.07, 6.45) is 12.9. The number of aromatic amines is 1. The Balaban J connectivity index is 0.000000122. The summed E-state index contributed by atoms with van der Waals surface area (Å²) in [6.45, 7) is 14.2. The Morgan fingerprint density at radius 1 is 0.464 bits per heavy atom. The summed E-state index contributed by atoms with van der Waals surface area (Å²) in [6, 6.07) is 70.2. The number of nitrogens with zero attached hydrogens (tertiary/aromatic N) is 5. The molecule has 16 nitrogen and oxygen atoms in total. The van der Waals surface area contributed by atoms with E-state index < -0.39 is 12.1 Å². The third-order valence-corrected chi connectivity index (χ3v) is 25.1. The van der Waals surface area contributed by atoms with Gasteiger partial charge in [-0.3, -0.25) is 24.6 Å². The van der Waals surface area contributed by atoms with E-state index in [-0.39, 0.29) is 40.7 Å². The molecule has 4 saturated heterocycles. The first-order valence-electron chi connectivity index (χ1n) is 37.6. The van der Waals surface area contributed by atoms with E-state index in [1.165, 1.54) is 95.2 Å². The minimum Gasteiger partial charge on any atom is -0.502 e. The molecule has 4 aromatic heterocycles. The standard InChI is InChI=1S/C23H28BNO3.C23H19BrN2O3.C17H16BrNO.C12H8BrN.C6H3Br2NO2.C5H8O.CH3F/c1-22(2)23(3,4)28-24(27-22)18-11-7-13-20-21(18)17-10-5-6-12-19(17)25(20)16-9-8-14-26-15-16;24-18-9-4-12-21(26(27)28)23(18)17-8-3-11-20-22(17)16-7-1-2-10-19(16)25(20)15-6-5-13-29-14-15;18-14-7-3-9-16-17(14)13-6-1-2-8-15(13)19(16)12-5-4-10-20-11-12;13-9-5-3-7-11-12(9)8-4-1-2-6-10(8)14-11;7-4-2-1-3-5(6(4)8)9(10)11;1-2-4-6-5-3-1;1-2/h5-7,10-13,16H,8-9,14-15H2,1-4H3;1-4,7-12,15H,5-6,13-14H2;1-3,6-9,12H,4-5,10-11H2;1-7,14H;1-3H;2,4H,1,3,5H2;1H3/i;;;;;;1D. The minimum absolute atomic E-state index is 0.0689. The minimum atomic E-state index is -1.00. The maximum absolute atomic E-state index is 11.8. The number of allylic oxidation sites excluding steroid dienone is 1. The summed E-state index contributed by atoms with van der Waals surface area (Å²) in [5.41, 5.74) is 11.8. The van der Waals surface area contributed by atoms with Crippen LogP contribution in [0.2, 0.25) is 0 Å². The van der Waals surface area contributed by atoms with Gasteiger partial charge in [-0.25, -0.2) is 0 Å². The number of alkyl halides is 1. The first kappa shape index (κ1) is 78.6. The Labute approximate surface area is 682 Å². The van der Waals surface area contributed by atoms with E-state index in [1.54, 1.807) is 30.5 Å². The fraction of sp³-hybridized carbons (Fsp3) is 0.287. The van der Waals surface area contributed by atoms with Crippen molar-refractivity contribution in [1.82, 2.24) is 18.7 Å². The van der Waals surface area contributed by atoms with Crippen molar-refractivity contribution in [3.05, 3.63) is 261 Å². The summed E-state index contributed by atoms with van der Waals surface area (Å²) < 4.78 is 62.0. The Bertz CT molecular complexity index is 5650. The van der Waals surface area contributed by atoms with Crippen LogP contribution in [0.15, 0.2) is 241 Å². The van der Waals surface area contributed by atoms with Crippen LogP contribution in [0.4, 0.5) is 15.8 Å². The zero-order valence-electron chi connectivity index (χ0n) is 62.5. The molecule has 19 rings (SSSR count). The average molecular weight is 1810 g/mol.